The van der Waals surface area contributed by atoms with Crippen molar-refractivity contribution in [2.75, 3.05) is 73.1 Å². The van der Waals surface area contributed by atoms with E-state index >= 15 is 0 Å². The van der Waals surface area contributed by atoms with Gasteiger partial charge in [0.2, 0.25) is 0 Å². The number of aliphatic imine (C=N–C) groups is 1. The van der Waals surface area contributed by atoms with E-state index in [0.717, 1.165) is 50.8 Å². The first-order chi connectivity index (χ1) is 12.7. The topological polar surface area (TPSA) is 61.2 Å². The molecule has 3 heterocycles. The van der Waals surface area contributed by atoms with Gasteiger partial charge in [-0.05, 0) is 26.6 Å². The van der Waals surface area contributed by atoms with Gasteiger partial charge in [0.25, 0.3) is 0 Å². The zero-order valence-corrected chi connectivity index (χ0v) is 19.1. The Morgan fingerprint density at radius 1 is 1.26 bits per heavy atom. The first-order valence-corrected chi connectivity index (χ1v) is 9.62. The van der Waals surface area contributed by atoms with Crippen LogP contribution in [0.1, 0.15) is 18.1 Å². The van der Waals surface area contributed by atoms with E-state index in [4.69, 9.17) is 4.74 Å². The number of hydrogen-bond acceptors (Lipinski definition) is 5. The van der Waals surface area contributed by atoms with Gasteiger partial charge in [-0.15, -0.1) is 24.0 Å². The molecule has 1 unspecified atom stereocenters. The molecule has 0 aromatic carbocycles. The van der Waals surface area contributed by atoms with Crippen LogP contribution < -0.4 is 5.32 Å². The summed E-state index contributed by atoms with van der Waals surface area (Å²) in [5.74, 6) is 0.967. The molecular formula is C18H34IN7O. The highest BCUT2D eigenvalue weighted by Crippen LogP contribution is 2.21. The first-order valence-electron chi connectivity index (χ1n) is 9.62. The quantitative estimate of drug-likeness (QED) is 0.379. The molecule has 0 aliphatic carbocycles. The van der Waals surface area contributed by atoms with Gasteiger partial charge in [-0.3, -0.25) is 9.67 Å². The van der Waals surface area contributed by atoms with Crippen LogP contribution in [0.15, 0.2) is 17.4 Å². The van der Waals surface area contributed by atoms with E-state index < -0.39 is 0 Å². The summed E-state index contributed by atoms with van der Waals surface area (Å²) in [6.45, 7) is 9.06. The Kier molecular flexibility index (Phi) is 9.27. The molecular weight excluding hydrogens is 457 g/mol. The average molecular weight is 491 g/mol. The molecule has 1 aromatic rings. The monoisotopic (exact) mass is 491 g/mol. The van der Waals surface area contributed by atoms with E-state index in [1.165, 1.54) is 19.5 Å². The van der Waals surface area contributed by atoms with Crippen molar-refractivity contribution >= 4 is 29.9 Å². The second-order valence-corrected chi connectivity index (χ2v) is 7.23. The summed E-state index contributed by atoms with van der Waals surface area (Å²) in [5, 5.41) is 7.80. The van der Waals surface area contributed by atoms with Crippen LogP contribution in [-0.2, 0) is 11.8 Å². The number of likely N-dealkylation sites (N-methyl/N-ethyl adjacent to an activating group) is 1. The maximum atomic E-state index is 5.94. The Morgan fingerprint density at radius 2 is 2.11 bits per heavy atom. The van der Waals surface area contributed by atoms with Gasteiger partial charge in [0.15, 0.2) is 5.96 Å². The zero-order chi connectivity index (χ0) is 18.4. The molecule has 1 atom stereocenters. The third-order valence-corrected chi connectivity index (χ3v) is 5.20. The minimum Gasteiger partial charge on any atom is -0.370 e. The van der Waals surface area contributed by atoms with Gasteiger partial charge in [-0.1, -0.05) is 0 Å². The van der Waals surface area contributed by atoms with Gasteiger partial charge in [0, 0.05) is 58.6 Å². The van der Waals surface area contributed by atoms with Crippen molar-refractivity contribution in [3.8, 4) is 0 Å². The second-order valence-electron chi connectivity index (χ2n) is 7.23. The van der Waals surface area contributed by atoms with Gasteiger partial charge in [-0.2, -0.15) is 5.10 Å². The van der Waals surface area contributed by atoms with Crippen molar-refractivity contribution in [2.24, 2.45) is 12.0 Å². The minimum atomic E-state index is 0. The van der Waals surface area contributed by atoms with Crippen LogP contribution in [-0.4, -0.2) is 104 Å². The van der Waals surface area contributed by atoms with Gasteiger partial charge in [-0.25, -0.2) is 0 Å². The van der Waals surface area contributed by atoms with Crippen LogP contribution in [0, 0.1) is 0 Å². The lowest BCUT2D eigenvalue weighted by atomic mass is 10.1. The number of morpholine rings is 1. The van der Waals surface area contributed by atoms with Gasteiger partial charge in [0.1, 0.15) is 6.10 Å². The highest BCUT2D eigenvalue weighted by atomic mass is 127. The molecule has 0 saturated carbocycles. The Hall–Kier alpha value is -0.910. The molecule has 0 radical (unpaired) electrons. The normalized spacial score (nSPS) is 23.0. The lowest BCUT2D eigenvalue weighted by Crippen LogP contribution is -2.49. The lowest BCUT2D eigenvalue weighted by Gasteiger charge is -2.35. The lowest BCUT2D eigenvalue weighted by molar-refractivity contribution is -0.00804. The minimum absolute atomic E-state index is 0. The molecule has 2 aliphatic rings. The Bertz CT molecular complexity index is 594. The van der Waals surface area contributed by atoms with Gasteiger partial charge >= 0.3 is 0 Å². The smallest absolute Gasteiger partial charge is 0.193 e. The maximum Gasteiger partial charge on any atom is 0.193 e. The van der Waals surface area contributed by atoms with E-state index in [1.807, 2.05) is 31.2 Å². The summed E-state index contributed by atoms with van der Waals surface area (Å²) >= 11 is 0. The van der Waals surface area contributed by atoms with Gasteiger partial charge < -0.3 is 24.8 Å². The molecule has 9 heteroatoms. The second kappa shape index (κ2) is 11.2. The Labute approximate surface area is 179 Å². The number of ether oxygens (including phenoxy) is 1. The number of aromatic nitrogens is 2. The van der Waals surface area contributed by atoms with Crippen molar-refractivity contribution in [1.82, 2.24) is 29.8 Å². The fraction of sp³-hybridized carbons (Fsp3) is 0.778. The van der Waals surface area contributed by atoms with Crippen molar-refractivity contribution in [1.29, 1.82) is 0 Å². The van der Waals surface area contributed by atoms with Crippen LogP contribution in [0.3, 0.4) is 0 Å². The summed E-state index contributed by atoms with van der Waals surface area (Å²) in [6.07, 6.45) is 5.22. The number of nitrogens with one attached hydrogen (secondary N) is 1. The molecule has 1 N–H and O–H groups in total. The molecule has 2 aliphatic heterocycles. The fourth-order valence-corrected chi connectivity index (χ4v) is 3.63. The molecule has 0 spiro atoms. The Morgan fingerprint density at radius 3 is 2.85 bits per heavy atom. The highest BCUT2D eigenvalue weighted by Gasteiger charge is 2.25. The van der Waals surface area contributed by atoms with Crippen LogP contribution in [0.25, 0.3) is 0 Å². The van der Waals surface area contributed by atoms with Crippen LogP contribution in [0.5, 0.6) is 0 Å². The summed E-state index contributed by atoms with van der Waals surface area (Å²) in [5.41, 5.74) is 1.13. The van der Waals surface area contributed by atoms with E-state index in [2.05, 4.69) is 37.2 Å². The molecule has 0 amide bonds. The summed E-state index contributed by atoms with van der Waals surface area (Å²) in [4.78, 5) is 11.7. The van der Waals surface area contributed by atoms with Crippen molar-refractivity contribution in [3.63, 3.8) is 0 Å². The van der Waals surface area contributed by atoms with Crippen molar-refractivity contribution in [3.05, 3.63) is 18.0 Å². The molecule has 0 bridgehead atoms. The number of hydrogen-bond donors (Lipinski definition) is 1. The number of nitrogens with zero attached hydrogens (tertiary/aromatic N) is 6. The standard InChI is InChI=1S/C18H33N7O.HI/c1-19-18(20-5-8-24-7-4-6-22(2)9-10-24)25-11-12-26-17(15-25)16-13-21-23(3)14-16;/h13-14,17H,4-12,15H2,1-3H3,(H,19,20);1H. The SMILES string of the molecule is CN=C(NCCN1CCCN(C)CC1)N1CCOC(c2cnn(C)c2)C1.I. The Balaban J connectivity index is 0.00000261. The first kappa shape index (κ1) is 22.4. The van der Waals surface area contributed by atoms with E-state index in [9.17, 15) is 0 Å². The largest absolute Gasteiger partial charge is 0.370 e. The maximum absolute atomic E-state index is 5.94. The van der Waals surface area contributed by atoms with E-state index in [0.29, 0.717) is 6.61 Å². The van der Waals surface area contributed by atoms with E-state index in [1.54, 1.807) is 0 Å². The van der Waals surface area contributed by atoms with Crippen molar-refractivity contribution in [2.45, 2.75) is 12.5 Å². The molecule has 2 fully saturated rings. The molecule has 8 nitrogen and oxygen atoms in total. The zero-order valence-electron chi connectivity index (χ0n) is 16.8. The predicted octanol–water partition coefficient (Wildman–Crippen LogP) is 0.624. The molecule has 3 rings (SSSR count). The van der Waals surface area contributed by atoms with Crippen LogP contribution in [0.4, 0.5) is 0 Å². The number of guanidine groups is 1. The predicted molar refractivity (Wildman–Crippen MR) is 119 cm³/mol. The molecule has 1 aromatic heterocycles. The third-order valence-electron chi connectivity index (χ3n) is 5.20. The summed E-state index contributed by atoms with van der Waals surface area (Å²) < 4.78 is 7.76. The molecule has 154 valence electrons. The molecule has 2 saturated heterocycles. The number of aryl methyl sites for hydroxylation is 1. The number of rotatable bonds is 4. The third kappa shape index (κ3) is 6.58. The summed E-state index contributed by atoms with van der Waals surface area (Å²) in [6, 6.07) is 0. The number of halogens is 1. The van der Waals surface area contributed by atoms with E-state index in [-0.39, 0.29) is 30.1 Å². The average Bonchev–Trinajstić information content (AvgIpc) is 2.98. The molecule has 27 heavy (non-hydrogen) atoms. The summed E-state index contributed by atoms with van der Waals surface area (Å²) in [7, 11) is 6.00. The van der Waals surface area contributed by atoms with Crippen LogP contribution in [0.2, 0.25) is 0 Å². The van der Waals surface area contributed by atoms with Crippen LogP contribution >= 0.6 is 24.0 Å². The van der Waals surface area contributed by atoms with Crippen molar-refractivity contribution < 1.29 is 4.74 Å². The fourth-order valence-electron chi connectivity index (χ4n) is 3.63. The van der Waals surface area contributed by atoms with Gasteiger partial charge in [0.05, 0.1) is 19.3 Å². The highest BCUT2D eigenvalue weighted by molar-refractivity contribution is 14.0.